The molecule has 1 amide bonds. The Morgan fingerprint density at radius 3 is 2.44 bits per heavy atom. The summed E-state index contributed by atoms with van der Waals surface area (Å²) >= 11 is 0. The first kappa shape index (κ1) is 19.8. The van der Waals surface area contributed by atoms with E-state index in [1.165, 1.54) is 37.1 Å². The number of rotatable bonds is 3. The number of hydrogen-bond donors (Lipinski definition) is 1. The number of non-ortho nitro benzene ring substituents is 1. The van der Waals surface area contributed by atoms with Crippen LogP contribution in [0.3, 0.4) is 0 Å². The Morgan fingerprint density at radius 2 is 1.85 bits per heavy atom. The molecule has 148 valence electrons. The Bertz CT molecular complexity index is 705. The summed E-state index contributed by atoms with van der Waals surface area (Å²) in [6.07, 6.45) is 4.68. The van der Waals surface area contributed by atoms with E-state index in [4.69, 9.17) is 4.74 Å². The van der Waals surface area contributed by atoms with Gasteiger partial charge < -0.3 is 10.1 Å². The first-order valence-corrected chi connectivity index (χ1v) is 9.99. The number of nitrogens with one attached hydrogen (secondary N) is 1. The van der Waals surface area contributed by atoms with Gasteiger partial charge in [0.1, 0.15) is 0 Å². The van der Waals surface area contributed by atoms with Crippen molar-refractivity contribution in [3.05, 3.63) is 39.9 Å². The first-order chi connectivity index (χ1) is 12.8. The van der Waals surface area contributed by atoms with Gasteiger partial charge in [0.25, 0.3) is 11.6 Å². The lowest BCUT2D eigenvalue weighted by Crippen LogP contribution is -2.64. The van der Waals surface area contributed by atoms with Gasteiger partial charge in [-0.25, -0.2) is 0 Å². The predicted molar refractivity (Wildman–Crippen MR) is 104 cm³/mol. The van der Waals surface area contributed by atoms with E-state index in [-0.39, 0.29) is 41.2 Å². The molecule has 1 saturated heterocycles. The minimum Gasteiger partial charge on any atom is -0.371 e. The molecule has 6 heteroatoms. The van der Waals surface area contributed by atoms with Crippen LogP contribution < -0.4 is 5.32 Å². The lowest BCUT2D eigenvalue weighted by Gasteiger charge is -2.56. The van der Waals surface area contributed by atoms with Crippen molar-refractivity contribution in [1.29, 1.82) is 0 Å². The van der Waals surface area contributed by atoms with Crippen LogP contribution in [0.2, 0.25) is 0 Å². The Morgan fingerprint density at radius 1 is 1.19 bits per heavy atom. The molecule has 6 nitrogen and oxygen atoms in total. The molecule has 1 aliphatic heterocycles. The molecule has 1 aromatic rings. The van der Waals surface area contributed by atoms with Crippen LogP contribution in [-0.4, -0.2) is 28.6 Å². The third-order valence-corrected chi connectivity index (χ3v) is 6.95. The maximum Gasteiger partial charge on any atom is 0.269 e. The van der Waals surface area contributed by atoms with E-state index in [0.29, 0.717) is 11.5 Å². The van der Waals surface area contributed by atoms with Crippen LogP contribution in [0, 0.1) is 27.9 Å². The molecule has 0 unspecified atom stereocenters. The van der Waals surface area contributed by atoms with E-state index >= 15 is 0 Å². The number of nitro benzene ring substituents is 1. The summed E-state index contributed by atoms with van der Waals surface area (Å²) in [4.78, 5) is 23.2. The molecule has 6 atom stereocenters. The van der Waals surface area contributed by atoms with Gasteiger partial charge >= 0.3 is 0 Å². The molecule has 1 aliphatic carbocycles. The van der Waals surface area contributed by atoms with Gasteiger partial charge in [-0.1, -0.05) is 33.6 Å². The zero-order chi connectivity index (χ0) is 19.8. The molecule has 1 heterocycles. The maximum atomic E-state index is 12.8. The lowest BCUT2D eigenvalue weighted by molar-refractivity contribution is -0.384. The van der Waals surface area contributed by atoms with Gasteiger partial charge in [-0.3, -0.25) is 14.9 Å². The summed E-state index contributed by atoms with van der Waals surface area (Å²) in [5.41, 5.74) is 0.255. The summed E-state index contributed by atoms with van der Waals surface area (Å²) in [7, 11) is 0. The Labute approximate surface area is 160 Å². The Hall–Kier alpha value is -1.95. The highest BCUT2D eigenvalue weighted by Gasteiger charge is 2.53. The number of ether oxygens (including phenoxy) is 1. The molecular formula is C21H30N2O4. The molecule has 3 rings (SSSR count). The van der Waals surface area contributed by atoms with E-state index in [1.54, 1.807) is 0 Å². The van der Waals surface area contributed by atoms with Crippen LogP contribution in [0.5, 0.6) is 0 Å². The van der Waals surface area contributed by atoms with Crippen LogP contribution in [0.15, 0.2) is 24.3 Å². The van der Waals surface area contributed by atoms with Crippen LogP contribution in [0.25, 0.3) is 0 Å². The molecule has 1 spiro atoms. The first-order valence-electron chi connectivity index (χ1n) is 9.99. The molecule has 2 fully saturated rings. The smallest absolute Gasteiger partial charge is 0.269 e. The van der Waals surface area contributed by atoms with Crippen LogP contribution in [0.1, 0.15) is 63.7 Å². The van der Waals surface area contributed by atoms with Crippen molar-refractivity contribution in [2.24, 2.45) is 17.8 Å². The second-order valence-electron chi connectivity index (χ2n) is 8.38. The van der Waals surface area contributed by atoms with E-state index in [9.17, 15) is 14.9 Å². The zero-order valence-corrected chi connectivity index (χ0v) is 16.6. The van der Waals surface area contributed by atoms with Crippen molar-refractivity contribution in [2.45, 2.75) is 71.1 Å². The molecule has 2 aliphatic rings. The van der Waals surface area contributed by atoms with Crippen molar-refractivity contribution < 1.29 is 14.5 Å². The zero-order valence-electron chi connectivity index (χ0n) is 16.6. The molecular weight excluding hydrogens is 344 g/mol. The fourth-order valence-corrected chi connectivity index (χ4v) is 5.03. The van der Waals surface area contributed by atoms with Crippen molar-refractivity contribution in [3.8, 4) is 0 Å². The van der Waals surface area contributed by atoms with Crippen molar-refractivity contribution in [3.63, 3.8) is 0 Å². The number of hydrogen-bond acceptors (Lipinski definition) is 4. The van der Waals surface area contributed by atoms with Crippen molar-refractivity contribution >= 4 is 11.6 Å². The normalized spacial score (nSPS) is 36.4. The van der Waals surface area contributed by atoms with Crippen LogP contribution in [0.4, 0.5) is 5.69 Å². The van der Waals surface area contributed by atoms with E-state index in [1.807, 2.05) is 0 Å². The second kappa shape index (κ2) is 7.58. The maximum absolute atomic E-state index is 12.8. The van der Waals surface area contributed by atoms with E-state index < -0.39 is 4.92 Å². The number of amides is 1. The molecule has 0 aromatic heterocycles. The second-order valence-corrected chi connectivity index (χ2v) is 8.38. The third kappa shape index (κ3) is 3.59. The Kier molecular flexibility index (Phi) is 5.56. The summed E-state index contributed by atoms with van der Waals surface area (Å²) in [6.45, 7) is 8.70. The molecule has 0 radical (unpaired) electrons. The van der Waals surface area contributed by atoms with Gasteiger partial charge in [-0.05, 0) is 37.8 Å². The van der Waals surface area contributed by atoms with Gasteiger partial charge in [0.05, 0.1) is 16.6 Å². The number of benzene rings is 1. The highest BCUT2D eigenvalue weighted by molar-refractivity contribution is 5.94. The summed E-state index contributed by atoms with van der Waals surface area (Å²) in [6, 6.07) is 5.80. The topological polar surface area (TPSA) is 81.5 Å². The quantitative estimate of drug-likeness (QED) is 0.630. The predicted octanol–water partition coefficient (Wildman–Crippen LogP) is 4.33. The van der Waals surface area contributed by atoms with Gasteiger partial charge in [0, 0.05) is 35.6 Å². The number of carbonyl (C=O) groups is 1. The largest absolute Gasteiger partial charge is 0.371 e. The highest BCUT2D eigenvalue weighted by Crippen LogP contribution is 2.48. The summed E-state index contributed by atoms with van der Waals surface area (Å²) in [5, 5.41) is 14.0. The molecule has 1 saturated carbocycles. The molecule has 1 aromatic carbocycles. The standard InChI is InChI=1S/C21H30N2O4/c1-13-7-5-6-12-21(13)15(3)19(14(2)16(4)27-21)22-20(24)17-8-10-18(11-9-17)23(25)26/h8-11,13-16,19H,5-7,12H2,1-4H3,(H,22,24)/t13-,14-,15-,16-,19-,21+/m1/s1. The highest BCUT2D eigenvalue weighted by atomic mass is 16.6. The summed E-state index contributed by atoms with van der Waals surface area (Å²) in [5.74, 6) is 0.694. The number of nitro groups is 1. The van der Waals surface area contributed by atoms with Crippen LogP contribution >= 0.6 is 0 Å². The SMILES string of the molecule is C[C@H]1[C@@H](NC(=O)c2ccc([N+](=O)[O-])cc2)[C@@H](C)[C@@]2(CCCC[C@H]2C)O[C@@H]1C. The lowest BCUT2D eigenvalue weighted by atomic mass is 9.63. The van der Waals surface area contributed by atoms with E-state index in [2.05, 4.69) is 33.0 Å². The molecule has 27 heavy (non-hydrogen) atoms. The van der Waals surface area contributed by atoms with Gasteiger partial charge in [-0.15, -0.1) is 0 Å². The minimum absolute atomic E-state index is 0.0111. The van der Waals surface area contributed by atoms with Gasteiger partial charge in [0.2, 0.25) is 0 Å². The average molecular weight is 374 g/mol. The monoisotopic (exact) mass is 374 g/mol. The fourth-order valence-electron chi connectivity index (χ4n) is 5.03. The van der Waals surface area contributed by atoms with E-state index in [0.717, 1.165) is 12.8 Å². The number of nitrogens with zero attached hydrogens (tertiary/aromatic N) is 1. The van der Waals surface area contributed by atoms with Gasteiger partial charge in [0.15, 0.2) is 0 Å². The van der Waals surface area contributed by atoms with Crippen molar-refractivity contribution in [1.82, 2.24) is 5.32 Å². The number of carbonyl (C=O) groups excluding carboxylic acids is 1. The Balaban J connectivity index is 1.81. The third-order valence-electron chi connectivity index (χ3n) is 6.95. The van der Waals surface area contributed by atoms with Crippen LogP contribution in [-0.2, 0) is 4.74 Å². The van der Waals surface area contributed by atoms with Crippen molar-refractivity contribution in [2.75, 3.05) is 0 Å². The molecule has 1 N–H and O–H groups in total. The molecule has 0 bridgehead atoms. The fraction of sp³-hybridized carbons (Fsp3) is 0.667. The van der Waals surface area contributed by atoms with Gasteiger partial charge in [-0.2, -0.15) is 0 Å². The minimum atomic E-state index is -0.458. The average Bonchev–Trinajstić information content (AvgIpc) is 2.65. The summed E-state index contributed by atoms with van der Waals surface area (Å²) < 4.78 is 6.58.